The number of hydrogen-bond acceptors (Lipinski definition) is 11. The number of carbonyl (C=O) groups is 4. The smallest absolute Gasteiger partial charge is 0.407 e. The van der Waals surface area contributed by atoms with Crippen molar-refractivity contribution in [1.82, 2.24) is 20.5 Å². The van der Waals surface area contributed by atoms with E-state index in [4.69, 9.17) is 23.9 Å². The van der Waals surface area contributed by atoms with Crippen molar-refractivity contribution in [2.75, 3.05) is 26.9 Å². The number of aryl methyl sites for hydroxylation is 1. The standard InChI is InChI=1S/C45H62N4O10S/c1-6-8-12-20-57-38-24-37-33-21-29(36(56-5)23-34(33)46-38)16-13-19-44(3,4)27-58-43(53)47-39(28-14-10-9-11-15-28)41(51)49-26-31(59-37)22-35(49)40(50)48-45(25-30(45)7-2)42(52)60(54,55)32-17-18-32/h7,21,23-24,28,30-32,35,39H,2,6,8-20,22,25-27H2,1,3-5H3,(H,47,53)(H,48,50)/t30-,31-,35+,39+,45-/m1/s1. The number of unbranched alkanes of at least 4 members (excludes halogenated alkanes) is 2. The third-order valence-corrected chi connectivity index (χ3v) is 15.3. The van der Waals surface area contributed by atoms with Gasteiger partial charge in [-0.25, -0.2) is 18.2 Å². The zero-order valence-electron chi connectivity index (χ0n) is 35.6. The van der Waals surface area contributed by atoms with E-state index in [0.29, 0.717) is 61.6 Å². The molecule has 1 aromatic heterocycles. The minimum absolute atomic E-state index is 0.0182. The molecule has 4 fully saturated rings. The Bertz CT molecular complexity index is 2080. The fourth-order valence-corrected chi connectivity index (χ4v) is 11.1. The largest absolute Gasteiger partial charge is 0.496 e. The number of nitrogens with one attached hydrogen (secondary N) is 2. The Labute approximate surface area is 353 Å². The molecule has 7 rings (SSSR count). The molecule has 1 saturated heterocycles. The lowest BCUT2D eigenvalue weighted by Gasteiger charge is -2.35. The van der Waals surface area contributed by atoms with Crippen molar-refractivity contribution in [1.29, 1.82) is 0 Å². The first kappa shape index (κ1) is 43.7. The lowest BCUT2D eigenvalue weighted by Crippen LogP contribution is -2.58. The molecule has 1 aromatic carbocycles. The number of aromatic nitrogens is 1. The van der Waals surface area contributed by atoms with Crippen molar-refractivity contribution < 1.29 is 46.5 Å². The zero-order chi connectivity index (χ0) is 42.8. The highest BCUT2D eigenvalue weighted by Gasteiger charge is 2.65. The highest BCUT2D eigenvalue weighted by molar-refractivity contribution is 8.07. The molecule has 328 valence electrons. The third-order valence-electron chi connectivity index (χ3n) is 13.1. The average Bonchev–Trinajstić information content (AvgIpc) is 4.17. The maximum Gasteiger partial charge on any atom is 0.407 e. The van der Waals surface area contributed by atoms with E-state index in [1.165, 1.54) is 11.0 Å². The van der Waals surface area contributed by atoms with Crippen LogP contribution in [-0.4, -0.2) is 97.2 Å². The quantitative estimate of drug-likeness (QED) is 0.179. The van der Waals surface area contributed by atoms with Gasteiger partial charge < -0.3 is 34.5 Å². The van der Waals surface area contributed by atoms with Gasteiger partial charge in [-0.2, -0.15) is 0 Å². The van der Waals surface area contributed by atoms with Crippen molar-refractivity contribution in [3.05, 3.63) is 36.4 Å². The van der Waals surface area contributed by atoms with Gasteiger partial charge in [0.2, 0.25) is 27.5 Å². The summed E-state index contributed by atoms with van der Waals surface area (Å²) in [5.74, 6) is -0.397. The number of cyclic esters (lactones) is 1. The van der Waals surface area contributed by atoms with Crippen LogP contribution in [-0.2, 0) is 35.4 Å². The van der Waals surface area contributed by atoms with Crippen LogP contribution in [0.25, 0.3) is 10.9 Å². The summed E-state index contributed by atoms with van der Waals surface area (Å²) in [4.78, 5) is 63.2. The number of nitrogens with zero attached hydrogens (tertiary/aromatic N) is 2. The van der Waals surface area contributed by atoms with Gasteiger partial charge in [-0.1, -0.05) is 59.0 Å². The minimum Gasteiger partial charge on any atom is -0.496 e. The van der Waals surface area contributed by atoms with E-state index >= 15 is 4.79 Å². The van der Waals surface area contributed by atoms with Gasteiger partial charge in [-0.15, -0.1) is 6.58 Å². The molecule has 3 heterocycles. The first-order valence-electron chi connectivity index (χ1n) is 22.0. The van der Waals surface area contributed by atoms with Crippen LogP contribution in [0.5, 0.6) is 17.4 Å². The number of ether oxygens (including phenoxy) is 4. The number of benzene rings is 1. The van der Waals surface area contributed by atoms with E-state index in [-0.39, 0.29) is 37.3 Å². The highest BCUT2D eigenvalue weighted by Crippen LogP contribution is 2.49. The van der Waals surface area contributed by atoms with Crippen LogP contribution in [0.1, 0.15) is 116 Å². The summed E-state index contributed by atoms with van der Waals surface area (Å²) in [5.41, 5.74) is -0.506. The Morgan fingerprint density at radius 2 is 1.85 bits per heavy atom. The molecule has 0 unspecified atom stereocenters. The van der Waals surface area contributed by atoms with Crippen molar-refractivity contribution in [3.63, 3.8) is 0 Å². The van der Waals surface area contributed by atoms with Crippen LogP contribution in [0.15, 0.2) is 30.9 Å². The summed E-state index contributed by atoms with van der Waals surface area (Å²) >= 11 is 0. The minimum atomic E-state index is -4.15. The number of methoxy groups -OCH3 is 1. The predicted octanol–water partition coefficient (Wildman–Crippen LogP) is 6.36. The first-order chi connectivity index (χ1) is 28.7. The fourth-order valence-electron chi connectivity index (χ4n) is 9.26. The monoisotopic (exact) mass is 850 g/mol. The Hall–Kier alpha value is -4.40. The Balaban J connectivity index is 1.28. The molecule has 4 bridgehead atoms. The van der Waals surface area contributed by atoms with Crippen LogP contribution >= 0.6 is 0 Å². The molecular weight excluding hydrogens is 789 g/mol. The van der Waals surface area contributed by atoms with E-state index in [1.54, 1.807) is 13.2 Å². The molecule has 2 N–H and O–H groups in total. The Kier molecular flexibility index (Phi) is 13.0. The summed E-state index contributed by atoms with van der Waals surface area (Å²) in [6.07, 6.45) is 10.3. The van der Waals surface area contributed by atoms with Crippen LogP contribution in [0, 0.1) is 17.3 Å². The molecule has 3 amide bonds. The summed E-state index contributed by atoms with van der Waals surface area (Å²) in [6.45, 7) is 10.6. The van der Waals surface area contributed by atoms with Crippen LogP contribution < -0.4 is 24.8 Å². The Morgan fingerprint density at radius 1 is 1.08 bits per heavy atom. The normalized spacial score (nSPS) is 27.5. The number of amides is 3. The number of alkyl carbamates (subject to hydrolysis) is 1. The lowest BCUT2D eigenvalue weighted by molar-refractivity contribution is -0.142. The molecule has 5 aliphatic rings. The SMILES string of the molecule is C=C[C@@H]1C[C@]1(NC(=O)[C@@H]1C[C@@H]2CN1C(=O)[C@H](C1CCCCC1)NC(=O)OCC(C)(C)CCCc1cc3c(cc(OCCCCC)nc3cc1OC)O2)C(=O)S(=O)(=O)C1CC1. The number of hydrogen-bond donors (Lipinski definition) is 2. The number of rotatable bonds is 12. The molecule has 3 aliphatic carbocycles. The number of pyridine rings is 1. The van der Waals surface area contributed by atoms with Gasteiger partial charge in [0.25, 0.3) is 5.12 Å². The van der Waals surface area contributed by atoms with Crippen molar-refractivity contribution >= 4 is 43.8 Å². The molecule has 0 spiro atoms. The van der Waals surface area contributed by atoms with Crippen LogP contribution in [0.3, 0.4) is 0 Å². The molecule has 14 nitrogen and oxygen atoms in total. The summed E-state index contributed by atoms with van der Waals surface area (Å²) in [5, 5.41) is 4.70. The number of carbonyl (C=O) groups excluding carboxylic acids is 4. The van der Waals surface area contributed by atoms with Crippen molar-refractivity contribution in [3.8, 4) is 17.4 Å². The van der Waals surface area contributed by atoms with Gasteiger partial charge in [0, 0.05) is 29.9 Å². The van der Waals surface area contributed by atoms with Gasteiger partial charge in [-0.05, 0) is 80.8 Å². The highest BCUT2D eigenvalue weighted by atomic mass is 32.2. The second-order valence-electron chi connectivity index (χ2n) is 18.3. The predicted molar refractivity (Wildman–Crippen MR) is 226 cm³/mol. The topological polar surface area (TPSA) is 180 Å². The third kappa shape index (κ3) is 9.40. The van der Waals surface area contributed by atoms with Gasteiger partial charge in [0.1, 0.15) is 35.2 Å². The molecule has 3 saturated carbocycles. The molecule has 15 heteroatoms. The average molecular weight is 851 g/mol. The van der Waals surface area contributed by atoms with Crippen LogP contribution in [0.4, 0.5) is 4.79 Å². The van der Waals surface area contributed by atoms with Crippen molar-refractivity contribution in [2.45, 2.75) is 146 Å². The molecule has 60 heavy (non-hydrogen) atoms. The fraction of sp³-hybridized carbons (Fsp3) is 0.667. The van der Waals surface area contributed by atoms with E-state index < -0.39 is 67.8 Å². The van der Waals surface area contributed by atoms with E-state index in [9.17, 15) is 22.8 Å². The van der Waals surface area contributed by atoms with E-state index in [0.717, 1.165) is 62.3 Å². The van der Waals surface area contributed by atoms with Gasteiger partial charge in [0.15, 0.2) is 0 Å². The molecular formula is C45H62N4O10S. The first-order valence-corrected chi connectivity index (χ1v) is 23.5. The van der Waals surface area contributed by atoms with E-state index in [2.05, 4.69) is 24.1 Å². The molecule has 2 aliphatic heterocycles. The number of sulfone groups is 1. The second-order valence-corrected chi connectivity index (χ2v) is 20.5. The molecule has 2 aromatic rings. The summed E-state index contributed by atoms with van der Waals surface area (Å²) in [7, 11) is -2.53. The second kappa shape index (κ2) is 17.9. The zero-order valence-corrected chi connectivity index (χ0v) is 36.4. The van der Waals surface area contributed by atoms with E-state index in [1.807, 2.05) is 26.0 Å². The molecule has 5 atom stereocenters. The van der Waals surface area contributed by atoms with Gasteiger partial charge >= 0.3 is 6.09 Å². The van der Waals surface area contributed by atoms with Gasteiger partial charge in [0.05, 0.1) is 37.6 Å². The molecule has 0 radical (unpaired) electrons. The maximum atomic E-state index is 15.0. The van der Waals surface area contributed by atoms with Crippen molar-refractivity contribution in [2.24, 2.45) is 17.3 Å². The van der Waals surface area contributed by atoms with Gasteiger partial charge in [-0.3, -0.25) is 14.4 Å². The summed E-state index contributed by atoms with van der Waals surface area (Å²) in [6, 6.07) is 3.50. The Morgan fingerprint density at radius 3 is 2.53 bits per heavy atom. The number of fused-ring (bicyclic) bond motifs is 3. The lowest BCUT2D eigenvalue weighted by atomic mass is 9.83. The maximum absolute atomic E-state index is 15.0. The van der Waals surface area contributed by atoms with Crippen LogP contribution in [0.2, 0.25) is 0 Å². The summed E-state index contributed by atoms with van der Waals surface area (Å²) < 4.78 is 51.2.